The minimum absolute atomic E-state index is 0.0671. The summed E-state index contributed by atoms with van der Waals surface area (Å²) in [6, 6.07) is 1.70. The molecule has 2 heterocycles. The SMILES string of the molecule is Cc1cc(C=O)c(C2CCS(=O)(=O)CC2)o1. The van der Waals surface area contributed by atoms with Crippen LogP contribution in [0.15, 0.2) is 10.5 Å². The maximum absolute atomic E-state index is 11.3. The molecule has 0 aliphatic carbocycles. The molecule has 0 saturated carbocycles. The molecule has 0 amide bonds. The highest BCUT2D eigenvalue weighted by molar-refractivity contribution is 7.91. The molecule has 0 atom stereocenters. The van der Waals surface area contributed by atoms with E-state index in [2.05, 4.69) is 0 Å². The first-order valence-electron chi connectivity index (χ1n) is 5.28. The number of hydrogen-bond donors (Lipinski definition) is 0. The van der Waals surface area contributed by atoms with Crippen molar-refractivity contribution in [1.82, 2.24) is 0 Å². The maximum atomic E-state index is 11.3. The van der Waals surface area contributed by atoms with Crippen LogP contribution in [-0.4, -0.2) is 26.2 Å². The Morgan fingerprint density at radius 1 is 1.38 bits per heavy atom. The molecule has 2 rings (SSSR count). The lowest BCUT2D eigenvalue weighted by Crippen LogP contribution is -2.22. The molecule has 1 saturated heterocycles. The van der Waals surface area contributed by atoms with Gasteiger partial charge in [-0.1, -0.05) is 0 Å². The molecule has 0 radical (unpaired) electrons. The summed E-state index contributed by atoms with van der Waals surface area (Å²) in [4.78, 5) is 10.8. The van der Waals surface area contributed by atoms with Crippen molar-refractivity contribution < 1.29 is 17.6 Å². The number of aldehydes is 1. The standard InChI is InChI=1S/C11H14O4S/c1-8-6-10(7-12)11(15-8)9-2-4-16(13,14)5-3-9/h6-7,9H,2-5H2,1H3. The Balaban J connectivity index is 2.22. The highest BCUT2D eigenvalue weighted by atomic mass is 32.2. The highest BCUT2D eigenvalue weighted by Gasteiger charge is 2.28. The largest absolute Gasteiger partial charge is 0.465 e. The minimum Gasteiger partial charge on any atom is -0.465 e. The highest BCUT2D eigenvalue weighted by Crippen LogP contribution is 2.32. The fraction of sp³-hybridized carbons (Fsp3) is 0.545. The van der Waals surface area contributed by atoms with Gasteiger partial charge in [0.1, 0.15) is 21.4 Å². The lowest BCUT2D eigenvalue weighted by Gasteiger charge is -2.20. The Morgan fingerprint density at radius 2 is 2.00 bits per heavy atom. The second-order valence-electron chi connectivity index (χ2n) is 4.22. The van der Waals surface area contributed by atoms with Gasteiger partial charge < -0.3 is 4.42 Å². The normalized spacial score (nSPS) is 20.8. The lowest BCUT2D eigenvalue weighted by molar-refractivity contribution is 0.112. The van der Waals surface area contributed by atoms with Crippen LogP contribution in [0.25, 0.3) is 0 Å². The van der Waals surface area contributed by atoms with Crippen molar-refractivity contribution in [3.8, 4) is 0 Å². The van der Waals surface area contributed by atoms with Crippen LogP contribution in [0.2, 0.25) is 0 Å². The minimum atomic E-state index is -2.87. The number of aryl methyl sites for hydroxylation is 1. The first kappa shape index (κ1) is 11.4. The molecule has 1 aliphatic rings. The summed E-state index contributed by atoms with van der Waals surface area (Å²) in [5.41, 5.74) is 0.557. The molecule has 0 N–H and O–H groups in total. The molecule has 0 aromatic carbocycles. The molecule has 1 aromatic heterocycles. The summed E-state index contributed by atoms with van der Waals surface area (Å²) in [5, 5.41) is 0. The number of carbonyl (C=O) groups is 1. The van der Waals surface area contributed by atoms with Crippen molar-refractivity contribution >= 4 is 16.1 Å². The van der Waals surface area contributed by atoms with Gasteiger partial charge in [-0.25, -0.2) is 8.42 Å². The molecule has 4 nitrogen and oxygen atoms in total. The molecular formula is C11H14O4S. The first-order chi connectivity index (χ1) is 7.52. The Kier molecular flexibility index (Phi) is 2.88. The molecule has 16 heavy (non-hydrogen) atoms. The Morgan fingerprint density at radius 3 is 2.56 bits per heavy atom. The van der Waals surface area contributed by atoms with E-state index in [1.54, 1.807) is 13.0 Å². The van der Waals surface area contributed by atoms with Gasteiger partial charge in [-0.3, -0.25) is 4.79 Å². The van der Waals surface area contributed by atoms with Crippen molar-refractivity contribution in [3.05, 3.63) is 23.2 Å². The van der Waals surface area contributed by atoms with Gasteiger partial charge in [0.15, 0.2) is 6.29 Å². The third-order valence-electron chi connectivity index (χ3n) is 2.97. The van der Waals surface area contributed by atoms with Gasteiger partial charge in [-0.05, 0) is 25.8 Å². The van der Waals surface area contributed by atoms with E-state index in [1.807, 2.05) is 0 Å². The van der Waals surface area contributed by atoms with Gasteiger partial charge in [0, 0.05) is 5.92 Å². The summed E-state index contributed by atoms with van der Waals surface area (Å²) in [6.07, 6.45) is 1.88. The fourth-order valence-corrected chi connectivity index (χ4v) is 3.61. The fourth-order valence-electron chi connectivity index (χ4n) is 2.12. The van der Waals surface area contributed by atoms with Crippen LogP contribution in [-0.2, 0) is 9.84 Å². The molecule has 0 unspecified atom stereocenters. The number of carbonyl (C=O) groups excluding carboxylic acids is 1. The summed E-state index contributed by atoms with van der Waals surface area (Å²) in [6.45, 7) is 1.79. The quantitative estimate of drug-likeness (QED) is 0.740. The number of rotatable bonds is 2. The lowest BCUT2D eigenvalue weighted by atomic mass is 9.97. The topological polar surface area (TPSA) is 64.3 Å². The molecule has 1 fully saturated rings. The average Bonchev–Trinajstić information content (AvgIpc) is 2.59. The van der Waals surface area contributed by atoms with E-state index in [1.165, 1.54) is 0 Å². The van der Waals surface area contributed by atoms with E-state index in [-0.39, 0.29) is 17.4 Å². The van der Waals surface area contributed by atoms with Gasteiger partial charge in [0.2, 0.25) is 0 Å². The van der Waals surface area contributed by atoms with Gasteiger partial charge in [-0.2, -0.15) is 0 Å². The van der Waals surface area contributed by atoms with E-state index in [9.17, 15) is 13.2 Å². The Bertz CT molecular complexity index is 484. The Labute approximate surface area is 94.6 Å². The molecule has 1 aliphatic heterocycles. The summed E-state index contributed by atoms with van der Waals surface area (Å²) in [5.74, 6) is 1.80. The van der Waals surface area contributed by atoms with Crippen LogP contribution in [0.3, 0.4) is 0 Å². The number of furan rings is 1. The van der Waals surface area contributed by atoms with Crippen LogP contribution in [0.5, 0.6) is 0 Å². The molecular weight excluding hydrogens is 228 g/mol. The van der Waals surface area contributed by atoms with Crippen molar-refractivity contribution in [2.45, 2.75) is 25.7 Å². The van der Waals surface area contributed by atoms with Crippen molar-refractivity contribution in [2.75, 3.05) is 11.5 Å². The Hall–Kier alpha value is -1.10. The molecule has 0 spiro atoms. The van der Waals surface area contributed by atoms with E-state index < -0.39 is 9.84 Å². The number of sulfone groups is 1. The summed E-state index contributed by atoms with van der Waals surface area (Å²) < 4.78 is 28.1. The smallest absolute Gasteiger partial charge is 0.153 e. The summed E-state index contributed by atoms with van der Waals surface area (Å²) >= 11 is 0. The second-order valence-corrected chi connectivity index (χ2v) is 6.52. The van der Waals surface area contributed by atoms with Gasteiger partial charge in [0.25, 0.3) is 0 Å². The third-order valence-corrected chi connectivity index (χ3v) is 4.68. The predicted octanol–water partition coefficient (Wildman–Crippen LogP) is 1.69. The molecule has 88 valence electrons. The van der Waals surface area contributed by atoms with E-state index >= 15 is 0 Å². The second kappa shape index (κ2) is 4.05. The molecule has 1 aromatic rings. The zero-order valence-electron chi connectivity index (χ0n) is 9.10. The monoisotopic (exact) mass is 242 g/mol. The first-order valence-corrected chi connectivity index (χ1v) is 7.10. The van der Waals surface area contributed by atoms with Crippen LogP contribution < -0.4 is 0 Å². The maximum Gasteiger partial charge on any atom is 0.153 e. The van der Waals surface area contributed by atoms with Crippen LogP contribution in [0.1, 0.15) is 40.6 Å². The van der Waals surface area contributed by atoms with Crippen molar-refractivity contribution in [3.63, 3.8) is 0 Å². The van der Waals surface area contributed by atoms with Crippen LogP contribution in [0, 0.1) is 6.92 Å². The molecule has 5 heteroatoms. The van der Waals surface area contributed by atoms with Crippen molar-refractivity contribution in [1.29, 1.82) is 0 Å². The van der Waals surface area contributed by atoms with E-state index in [0.717, 1.165) is 6.29 Å². The zero-order chi connectivity index (χ0) is 11.8. The van der Waals surface area contributed by atoms with Crippen LogP contribution >= 0.6 is 0 Å². The van der Waals surface area contributed by atoms with Gasteiger partial charge in [-0.15, -0.1) is 0 Å². The molecule has 0 bridgehead atoms. The summed E-state index contributed by atoms with van der Waals surface area (Å²) in [7, 11) is -2.87. The van der Waals surface area contributed by atoms with Crippen LogP contribution in [0.4, 0.5) is 0 Å². The van der Waals surface area contributed by atoms with Gasteiger partial charge in [0.05, 0.1) is 17.1 Å². The van der Waals surface area contributed by atoms with E-state index in [0.29, 0.717) is 29.9 Å². The van der Waals surface area contributed by atoms with Gasteiger partial charge >= 0.3 is 0 Å². The van der Waals surface area contributed by atoms with Crippen molar-refractivity contribution in [2.24, 2.45) is 0 Å². The predicted molar refractivity (Wildman–Crippen MR) is 59.5 cm³/mol. The average molecular weight is 242 g/mol. The van der Waals surface area contributed by atoms with E-state index in [4.69, 9.17) is 4.42 Å². The third kappa shape index (κ3) is 2.19. The zero-order valence-corrected chi connectivity index (χ0v) is 9.92. The number of hydrogen-bond acceptors (Lipinski definition) is 4.